The van der Waals surface area contributed by atoms with Gasteiger partial charge in [0.2, 0.25) is 5.95 Å². The third-order valence-corrected chi connectivity index (χ3v) is 5.03. The number of anilines is 2. The van der Waals surface area contributed by atoms with E-state index in [0.29, 0.717) is 16.9 Å². The normalized spacial score (nSPS) is 11.0. The van der Waals surface area contributed by atoms with Crippen LogP contribution in [0.5, 0.6) is 0 Å². The maximum absolute atomic E-state index is 5.90. The average molecular weight is 345 g/mol. The second kappa shape index (κ2) is 6.64. The molecule has 23 heavy (non-hydrogen) atoms. The van der Waals surface area contributed by atoms with Crippen molar-refractivity contribution >= 4 is 34.6 Å². The van der Waals surface area contributed by atoms with Crippen LogP contribution in [0.1, 0.15) is 30.5 Å². The number of thiazole rings is 1. The second-order valence-corrected chi connectivity index (χ2v) is 6.99. The highest BCUT2D eigenvalue weighted by Gasteiger charge is 2.13. The topological polar surface area (TPSA) is 50.7 Å². The van der Waals surface area contributed by atoms with Crippen molar-refractivity contribution in [3.05, 3.63) is 52.3 Å². The fraction of sp³-hybridized carbons (Fsp3) is 0.235. The number of aryl methyl sites for hydroxylation is 1. The first-order valence-electron chi connectivity index (χ1n) is 7.36. The first-order chi connectivity index (χ1) is 11.0. The quantitative estimate of drug-likeness (QED) is 0.685. The maximum Gasteiger partial charge on any atom is 0.227 e. The minimum absolute atomic E-state index is 0.418. The van der Waals surface area contributed by atoms with Gasteiger partial charge in [-0.25, -0.2) is 15.0 Å². The zero-order valence-electron chi connectivity index (χ0n) is 13.2. The molecule has 0 saturated heterocycles. The Hall–Kier alpha value is -1.98. The number of nitrogens with one attached hydrogen (secondary N) is 1. The van der Waals surface area contributed by atoms with Gasteiger partial charge in [-0.1, -0.05) is 25.4 Å². The molecule has 0 bridgehead atoms. The predicted molar refractivity (Wildman–Crippen MR) is 96.7 cm³/mol. The lowest BCUT2D eigenvalue weighted by atomic mass is 10.2. The molecule has 4 nitrogen and oxygen atoms in total. The van der Waals surface area contributed by atoms with Crippen molar-refractivity contribution in [2.45, 2.75) is 26.7 Å². The Morgan fingerprint density at radius 3 is 2.48 bits per heavy atom. The maximum atomic E-state index is 5.90. The van der Waals surface area contributed by atoms with Crippen LogP contribution < -0.4 is 5.32 Å². The van der Waals surface area contributed by atoms with Crippen molar-refractivity contribution in [3.63, 3.8) is 0 Å². The summed E-state index contributed by atoms with van der Waals surface area (Å²) in [5.41, 5.74) is 2.80. The largest absolute Gasteiger partial charge is 0.324 e. The van der Waals surface area contributed by atoms with E-state index in [4.69, 9.17) is 11.6 Å². The van der Waals surface area contributed by atoms with E-state index in [9.17, 15) is 0 Å². The summed E-state index contributed by atoms with van der Waals surface area (Å²) in [6.45, 7) is 6.32. The summed E-state index contributed by atoms with van der Waals surface area (Å²) in [6.07, 6.45) is 1.76. The molecule has 6 heteroatoms. The molecule has 2 heterocycles. The Morgan fingerprint density at radius 2 is 1.83 bits per heavy atom. The third kappa shape index (κ3) is 3.68. The highest BCUT2D eigenvalue weighted by molar-refractivity contribution is 7.15. The zero-order chi connectivity index (χ0) is 16.4. The Labute approximate surface area is 144 Å². The molecule has 0 radical (unpaired) electrons. The van der Waals surface area contributed by atoms with E-state index in [1.54, 1.807) is 17.5 Å². The molecule has 1 aromatic carbocycles. The monoisotopic (exact) mass is 344 g/mol. The van der Waals surface area contributed by atoms with E-state index in [-0.39, 0.29) is 0 Å². The van der Waals surface area contributed by atoms with Gasteiger partial charge in [0.05, 0.1) is 21.3 Å². The molecule has 0 amide bonds. The number of aromatic nitrogens is 3. The number of hydrogen-bond acceptors (Lipinski definition) is 5. The van der Waals surface area contributed by atoms with Gasteiger partial charge in [0.15, 0.2) is 0 Å². The van der Waals surface area contributed by atoms with Crippen LogP contribution in [0.15, 0.2) is 36.5 Å². The van der Waals surface area contributed by atoms with Crippen LogP contribution in [0, 0.1) is 6.92 Å². The van der Waals surface area contributed by atoms with Crippen molar-refractivity contribution in [2.24, 2.45) is 0 Å². The molecule has 0 atom stereocenters. The number of hydrogen-bond donors (Lipinski definition) is 1. The van der Waals surface area contributed by atoms with Crippen LogP contribution in [0.3, 0.4) is 0 Å². The van der Waals surface area contributed by atoms with Crippen molar-refractivity contribution in [1.29, 1.82) is 0 Å². The molecule has 2 aromatic heterocycles. The molecule has 0 aliphatic rings. The average Bonchev–Trinajstić information content (AvgIpc) is 2.92. The van der Waals surface area contributed by atoms with Crippen LogP contribution in [0.2, 0.25) is 5.02 Å². The van der Waals surface area contributed by atoms with E-state index in [1.165, 1.54) is 0 Å². The third-order valence-electron chi connectivity index (χ3n) is 3.30. The molecule has 0 aliphatic heterocycles. The standard InChI is InChI=1S/C17H17ClN4S/c1-10(2)16-20-11(3)15(23-16)14-8-9-19-17(22-14)21-13-6-4-12(18)5-7-13/h4-10H,1-3H3,(H,19,21,22). The van der Waals surface area contributed by atoms with Gasteiger partial charge in [0.1, 0.15) is 0 Å². The first kappa shape index (κ1) is 15.9. The highest BCUT2D eigenvalue weighted by Crippen LogP contribution is 2.32. The Kier molecular flexibility index (Phi) is 4.59. The molecule has 3 aromatic rings. The molecule has 0 aliphatic carbocycles. The zero-order valence-corrected chi connectivity index (χ0v) is 14.7. The predicted octanol–water partition coefficient (Wildman–Crippen LogP) is 5.43. The fourth-order valence-corrected chi connectivity index (χ4v) is 3.27. The van der Waals surface area contributed by atoms with E-state index in [2.05, 4.69) is 34.1 Å². The lowest BCUT2D eigenvalue weighted by Gasteiger charge is -2.06. The summed E-state index contributed by atoms with van der Waals surface area (Å²) in [5.74, 6) is 0.977. The summed E-state index contributed by atoms with van der Waals surface area (Å²) in [6, 6.07) is 9.37. The Balaban J connectivity index is 1.89. The fourth-order valence-electron chi connectivity index (χ4n) is 2.11. The molecule has 118 valence electrons. The van der Waals surface area contributed by atoms with Crippen molar-refractivity contribution < 1.29 is 0 Å². The molecular weight excluding hydrogens is 328 g/mol. The lowest BCUT2D eigenvalue weighted by Crippen LogP contribution is -1.97. The molecule has 0 unspecified atom stereocenters. The van der Waals surface area contributed by atoms with Gasteiger partial charge in [0, 0.05) is 22.8 Å². The van der Waals surface area contributed by atoms with Gasteiger partial charge in [-0.3, -0.25) is 0 Å². The summed E-state index contributed by atoms with van der Waals surface area (Å²) in [7, 11) is 0. The molecule has 3 rings (SSSR count). The minimum Gasteiger partial charge on any atom is -0.324 e. The first-order valence-corrected chi connectivity index (χ1v) is 8.55. The van der Waals surface area contributed by atoms with Crippen LogP contribution in [-0.4, -0.2) is 15.0 Å². The van der Waals surface area contributed by atoms with Crippen molar-refractivity contribution in [3.8, 4) is 10.6 Å². The van der Waals surface area contributed by atoms with E-state index < -0.39 is 0 Å². The van der Waals surface area contributed by atoms with Gasteiger partial charge < -0.3 is 5.32 Å². The van der Waals surface area contributed by atoms with Crippen LogP contribution >= 0.6 is 22.9 Å². The van der Waals surface area contributed by atoms with Gasteiger partial charge >= 0.3 is 0 Å². The van der Waals surface area contributed by atoms with E-state index >= 15 is 0 Å². The second-order valence-electron chi connectivity index (χ2n) is 5.52. The van der Waals surface area contributed by atoms with Gasteiger partial charge in [-0.2, -0.15) is 0 Å². The minimum atomic E-state index is 0.418. The van der Waals surface area contributed by atoms with Gasteiger partial charge in [-0.15, -0.1) is 11.3 Å². The van der Waals surface area contributed by atoms with Crippen LogP contribution in [0.25, 0.3) is 10.6 Å². The molecule has 1 N–H and O–H groups in total. The van der Waals surface area contributed by atoms with Crippen LogP contribution in [0.4, 0.5) is 11.6 Å². The summed E-state index contributed by atoms with van der Waals surface area (Å²) in [4.78, 5) is 14.6. The van der Waals surface area contributed by atoms with Crippen molar-refractivity contribution in [2.75, 3.05) is 5.32 Å². The van der Waals surface area contributed by atoms with Crippen molar-refractivity contribution in [1.82, 2.24) is 15.0 Å². The van der Waals surface area contributed by atoms with Crippen LogP contribution in [-0.2, 0) is 0 Å². The molecule has 0 saturated carbocycles. The molecule has 0 fully saturated rings. The highest BCUT2D eigenvalue weighted by atomic mass is 35.5. The summed E-state index contributed by atoms with van der Waals surface area (Å²) < 4.78 is 0. The summed E-state index contributed by atoms with van der Waals surface area (Å²) in [5, 5.41) is 5.02. The number of benzene rings is 1. The molecule has 0 spiro atoms. The smallest absolute Gasteiger partial charge is 0.227 e. The van der Waals surface area contributed by atoms with E-state index in [0.717, 1.165) is 27.0 Å². The Morgan fingerprint density at radius 1 is 1.09 bits per heavy atom. The van der Waals surface area contributed by atoms with Gasteiger partial charge in [-0.05, 0) is 37.3 Å². The number of halogens is 1. The number of rotatable bonds is 4. The summed E-state index contributed by atoms with van der Waals surface area (Å²) >= 11 is 7.59. The van der Waals surface area contributed by atoms with E-state index in [1.807, 2.05) is 37.3 Å². The number of nitrogens with zero attached hydrogens (tertiary/aromatic N) is 3. The SMILES string of the molecule is Cc1nc(C(C)C)sc1-c1ccnc(Nc2ccc(Cl)cc2)n1. The Bertz CT molecular complexity index is 812. The lowest BCUT2D eigenvalue weighted by molar-refractivity contribution is 0.847. The molecular formula is C17H17ClN4S. The van der Waals surface area contributed by atoms with Gasteiger partial charge in [0.25, 0.3) is 0 Å².